The minimum Gasteiger partial charge on any atom is -0.399 e. The van der Waals surface area contributed by atoms with E-state index in [4.69, 9.17) is 40.5 Å². The van der Waals surface area contributed by atoms with Gasteiger partial charge in [-0.2, -0.15) is 5.26 Å². The van der Waals surface area contributed by atoms with Crippen molar-refractivity contribution in [2.24, 2.45) is 0 Å². The van der Waals surface area contributed by atoms with E-state index >= 15 is 0 Å². The number of nitrogens with zero attached hydrogens (tertiary/aromatic N) is 1. The van der Waals surface area contributed by atoms with Gasteiger partial charge in [-0.3, -0.25) is 0 Å². The van der Waals surface area contributed by atoms with Gasteiger partial charge < -0.3 is 5.73 Å². The smallest absolute Gasteiger partial charge is 0.182 e. The third-order valence-corrected chi connectivity index (χ3v) is 3.83. The molecule has 0 spiro atoms. The molecule has 2 N–H and O–H groups in total. The zero-order valence-corrected chi connectivity index (χ0v) is 12.0. The average Bonchev–Trinajstić information content (AvgIpc) is 2.38. The van der Waals surface area contributed by atoms with Crippen molar-refractivity contribution in [1.29, 1.82) is 5.26 Å². The van der Waals surface area contributed by atoms with E-state index in [1.165, 1.54) is 0 Å². The van der Waals surface area contributed by atoms with Crippen LogP contribution in [0.5, 0.6) is 0 Å². The maximum Gasteiger partial charge on any atom is 0.182 e. The van der Waals surface area contributed by atoms with E-state index in [2.05, 4.69) is 6.07 Å². The topological polar surface area (TPSA) is 49.8 Å². The summed E-state index contributed by atoms with van der Waals surface area (Å²) in [5.41, 5.74) is 7.26. The third-order valence-electron chi connectivity index (χ3n) is 2.76. The monoisotopic (exact) mass is 310 g/mol. The van der Waals surface area contributed by atoms with Gasteiger partial charge in [-0.15, -0.1) is 0 Å². The fourth-order valence-corrected chi connectivity index (χ4v) is 2.57. The van der Waals surface area contributed by atoms with Crippen LogP contribution in [0.3, 0.4) is 0 Å². The fraction of sp³-hybridized carbons (Fsp3) is 0.0714. The van der Waals surface area contributed by atoms with Crippen LogP contribution in [0.4, 0.5) is 5.69 Å². The fourth-order valence-electron chi connectivity index (χ4n) is 1.77. The zero-order chi connectivity index (χ0) is 14.0. The van der Waals surface area contributed by atoms with Crippen LogP contribution in [0.1, 0.15) is 11.1 Å². The Balaban J connectivity index is 2.60. The van der Waals surface area contributed by atoms with Crippen LogP contribution in [0.25, 0.3) is 0 Å². The quantitative estimate of drug-likeness (QED) is 0.652. The van der Waals surface area contributed by atoms with E-state index < -0.39 is 4.87 Å². The summed E-state index contributed by atoms with van der Waals surface area (Å²) in [6.45, 7) is 0. The first-order valence-corrected chi connectivity index (χ1v) is 6.52. The summed E-state index contributed by atoms with van der Waals surface area (Å²) in [7, 11) is 0. The van der Waals surface area contributed by atoms with Crippen molar-refractivity contribution in [3.63, 3.8) is 0 Å². The molecular weight excluding hydrogens is 303 g/mol. The van der Waals surface area contributed by atoms with E-state index in [0.717, 1.165) is 0 Å². The SMILES string of the molecule is N#CC(Cl)(c1ccc(Cl)cc1)c1ccc(N)cc1Cl. The molecule has 0 aliphatic carbocycles. The van der Waals surface area contributed by atoms with Gasteiger partial charge >= 0.3 is 0 Å². The Morgan fingerprint density at radius 2 is 1.68 bits per heavy atom. The third kappa shape index (κ3) is 2.64. The van der Waals surface area contributed by atoms with E-state index in [-0.39, 0.29) is 0 Å². The number of nitrogen functional groups attached to an aromatic ring is 1. The van der Waals surface area contributed by atoms with E-state index in [1.807, 2.05) is 0 Å². The summed E-state index contributed by atoms with van der Waals surface area (Å²) in [4.78, 5) is -1.37. The number of hydrogen-bond acceptors (Lipinski definition) is 2. The Hall–Kier alpha value is -1.40. The van der Waals surface area contributed by atoms with E-state index in [1.54, 1.807) is 42.5 Å². The molecule has 2 aromatic carbocycles. The first-order valence-electron chi connectivity index (χ1n) is 5.39. The van der Waals surface area contributed by atoms with Crippen LogP contribution in [0.15, 0.2) is 42.5 Å². The zero-order valence-electron chi connectivity index (χ0n) is 9.70. The van der Waals surface area contributed by atoms with E-state index in [0.29, 0.717) is 26.9 Å². The molecule has 19 heavy (non-hydrogen) atoms. The van der Waals surface area contributed by atoms with Crippen molar-refractivity contribution in [2.75, 3.05) is 5.73 Å². The molecule has 2 aromatic rings. The van der Waals surface area contributed by atoms with Gasteiger partial charge in [0.25, 0.3) is 0 Å². The number of hydrogen-bond donors (Lipinski definition) is 1. The summed E-state index contributed by atoms with van der Waals surface area (Å²) in [6.07, 6.45) is 0. The van der Waals surface area contributed by atoms with Crippen molar-refractivity contribution < 1.29 is 0 Å². The molecule has 0 radical (unpaired) electrons. The number of halogens is 3. The van der Waals surface area contributed by atoms with Gasteiger partial charge in [-0.1, -0.05) is 53.0 Å². The highest BCUT2D eigenvalue weighted by molar-refractivity contribution is 6.35. The molecule has 5 heteroatoms. The Bertz CT molecular complexity index is 647. The maximum atomic E-state index is 9.45. The number of nitrogens with two attached hydrogens (primary N) is 1. The summed E-state index contributed by atoms with van der Waals surface area (Å²) in [6, 6.07) is 13.7. The number of anilines is 1. The van der Waals surface area contributed by atoms with Crippen molar-refractivity contribution in [3.05, 3.63) is 63.6 Å². The Morgan fingerprint density at radius 1 is 1.05 bits per heavy atom. The van der Waals surface area contributed by atoms with Crippen LogP contribution in [-0.2, 0) is 4.87 Å². The molecule has 0 saturated heterocycles. The van der Waals surface area contributed by atoms with Gasteiger partial charge in [0.15, 0.2) is 4.87 Å². The second kappa shape index (κ2) is 5.30. The maximum absolute atomic E-state index is 9.45. The average molecular weight is 312 g/mol. The van der Waals surface area contributed by atoms with Crippen molar-refractivity contribution in [3.8, 4) is 6.07 Å². The first kappa shape index (κ1) is 14.0. The van der Waals surface area contributed by atoms with Gasteiger partial charge in [0.05, 0.1) is 6.07 Å². The summed E-state index contributed by atoms with van der Waals surface area (Å²) in [5.74, 6) is 0. The summed E-state index contributed by atoms with van der Waals surface area (Å²) in [5, 5.41) is 10.4. The normalized spacial score (nSPS) is 13.6. The van der Waals surface area contributed by atoms with Gasteiger partial charge in [-0.05, 0) is 29.8 Å². The lowest BCUT2D eigenvalue weighted by molar-refractivity contribution is 0.939. The predicted molar refractivity (Wildman–Crippen MR) is 79.6 cm³/mol. The van der Waals surface area contributed by atoms with Crippen LogP contribution in [0.2, 0.25) is 10.0 Å². The van der Waals surface area contributed by atoms with Gasteiger partial charge in [0.1, 0.15) is 0 Å². The lowest BCUT2D eigenvalue weighted by Crippen LogP contribution is -2.18. The molecule has 0 amide bonds. The standard InChI is InChI=1S/C14H9Cl3N2/c15-10-3-1-9(2-4-10)14(17,8-18)12-6-5-11(19)7-13(12)16/h1-7H,19H2. The number of alkyl halides is 1. The molecule has 2 nitrogen and oxygen atoms in total. The molecule has 0 heterocycles. The second-order valence-corrected chi connectivity index (χ2v) is 5.43. The Labute approximate surface area is 126 Å². The lowest BCUT2D eigenvalue weighted by atomic mass is 9.91. The van der Waals surface area contributed by atoms with Crippen LogP contribution in [0, 0.1) is 11.3 Å². The van der Waals surface area contributed by atoms with Crippen molar-refractivity contribution in [2.45, 2.75) is 4.87 Å². The molecule has 1 unspecified atom stereocenters. The lowest BCUT2D eigenvalue weighted by Gasteiger charge is -2.21. The summed E-state index contributed by atoms with van der Waals surface area (Å²) < 4.78 is 0. The number of nitriles is 1. The molecule has 0 fully saturated rings. The second-order valence-electron chi connectivity index (χ2n) is 4.02. The molecule has 0 aromatic heterocycles. The van der Waals surface area contributed by atoms with Crippen molar-refractivity contribution in [1.82, 2.24) is 0 Å². The minimum absolute atomic E-state index is 0.353. The predicted octanol–water partition coefficient (Wildman–Crippen LogP) is 4.58. The number of rotatable bonds is 2. The van der Waals surface area contributed by atoms with Crippen LogP contribution < -0.4 is 5.73 Å². The van der Waals surface area contributed by atoms with Gasteiger partial charge in [0.2, 0.25) is 0 Å². The molecule has 1 atom stereocenters. The minimum atomic E-state index is -1.37. The summed E-state index contributed by atoms with van der Waals surface area (Å²) >= 11 is 18.4. The van der Waals surface area contributed by atoms with Crippen LogP contribution in [-0.4, -0.2) is 0 Å². The van der Waals surface area contributed by atoms with Gasteiger partial charge in [0, 0.05) is 21.3 Å². The molecule has 0 aliphatic heterocycles. The molecule has 96 valence electrons. The Kier molecular flexibility index (Phi) is 3.91. The van der Waals surface area contributed by atoms with E-state index in [9.17, 15) is 5.26 Å². The highest BCUT2D eigenvalue weighted by Gasteiger charge is 2.34. The highest BCUT2D eigenvalue weighted by Crippen LogP contribution is 2.40. The number of benzene rings is 2. The Morgan fingerprint density at radius 3 is 2.21 bits per heavy atom. The first-order chi connectivity index (χ1) is 8.97. The molecule has 0 saturated carbocycles. The molecule has 0 aliphatic rings. The van der Waals surface area contributed by atoms with Crippen LogP contribution >= 0.6 is 34.8 Å². The molecule has 0 bridgehead atoms. The molecular formula is C14H9Cl3N2. The van der Waals surface area contributed by atoms with Gasteiger partial charge in [-0.25, -0.2) is 0 Å². The highest BCUT2D eigenvalue weighted by atomic mass is 35.5. The van der Waals surface area contributed by atoms with Crippen molar-refractivity contribution >= 4 is 40.5 Å². The molecule has 2 rings (SSSR count). The largest absolute Gasteiger partial charge is 0.399 e.